The van der Waals surface area contributed by atoms with Gasteiger partial charge in [0.1, 0.15) is 0 Å². The molecule has 1 saturated heterocycles. The molecule has 42 heavy (non-hydrogen) atoms. The van der Waals surface area contributed by atoms with Crippen molar-refractivity contribution in [3.8, 4) is 0 Å². The van der Waals surface area contributed by atoms with Gasteiger partial charge in [-0.1, -0.05) is 71.7 Å². The third kappa shape index (κ3) is 7.09. The number of benzene rings is 3. The number of pyridine rings is 1. The quantitative estimate of drug-likeness (QED) is 0.231. The van der Waals surface area contributed by atoms with Crippen LogP contribution in [0.5, 0.6) is 0 Å². The van der Waals surface area contributed by atoms with Crippen LogP contribution in [0.4, 0.5) is 0 Å². The molecule has 5 rings (SSSR count). The number of likely N-dealkylation sites (tertiary alicyclic amines) is 1. The lowest BCUT2D eigenvalue weighted by Crippen LogP contribution is -2.53. The monoisotopic (exact) mass is 603 g/mol. The zero-order valence-corrected chi connectivity index (χ0v) is 24.5. The first kappa shape index (κ1) is 29.5. The maximum Gasteiger partial charge on any atom is 0.303 e. The molecule has 7 nitrogen and oxygen atoms in total. The Labute approximate surface area is 254 Å². The average molecular weight is 605 g/mol. The Morgan fingerprint density at radius 2 is 1.64 bits per heavy atom. The second-order valence-corrected chi connectivity index (χ2v) is 11.5. The van der Waals surface area contributed by atoms with E-state index in [0.29, 0.717) is 48.0 Å². The maximum absolute atomic E-state index is 13.8. The van der Waals surface area contributed by atoms with Crippen molar-refractivity contribution in [3.63, 3.8) is 0 Å². The molecule has 4 aromatic rings. The van der Waals surface area contributed by atoms with Gasteiger partial charge >= 0.3 is 5.97 Å². The molecule has 1 aliphatic heterocycles. The lowest BCUT2D eigenvalue weighted by Gasteiger charge is -2.44. The first-order chi connectivity index (χ1) is 20.3. The van der Waals surface area contributed by atoms with Crippen molar-refractivity contribution >= 4 is 51.9 Å². The van der Waals surface area contributed by atoms with E-state index in [1.165, 1.54) is 0 Å². The van der Waals surface area contributed by atoms with Crippen LogP contribution in [0.25, 0.3) is 10.9 Å². The second-order valence-electron chi connectivity index (χ2n) is 10.6. The number of aliphatic carboxylic acids is 1. The van der Waals surface area contributed by atoms with Gasteiger partial charge in [-0.25, -0.2) is 0 Å². The minimum absolute atomic E-state index is 0.0954. The van der Waals surface area contributed by atoms with E-state index in [0.717, 1.165) is 22.0 Å². The maximum atomic E-state index is 13.8. The molecular weight excluding hydrogens is 573 g/mol. The van der Waals surface area contributed by atoms with Gasteiger partial charge in [-0.05, 0) is 60.7 Å². The SMILES string of the molecule is O=C(O)CCC(=O)N(Cc1ccnc2ccccc12)C1CCN(C(=O)c2cc(Cl)cc(Cl)c2)C(Cc2ccccc2)C1. The second kappa shape index (κ2) is 13.4. The van der Waals surface area contributed by atoms with Gasteiger partial charge in [0, 0.05) is 58.8 Å². The zero-order valence-electron chi connectivity index (χ0n) is 23.0. The Balaban J connectivity index is 1.46. The molecule has 216 valence electrons. The van der Waals surface area contributed by atoms with E-state index in [1.807, 2.05) is 65.6 Å². The van der Waals surface area contributed by atoms with E-state index >= 15 is 0 Å². The molecule has 0 radical (unpaired) electrons. The number of amides is 2. The number of carbonyl (C=O) groups is 3. The van der Waals surface area contributed by atoms with Crippen molar-refractivity contribution in [3.05, 3.63) is 112 Å². The van der Waals surface area contributed by atoms with Crippen LogP contribution in [-0.2, 0) is 22.6 Å². The molecule has 2 amide bonds. The number of halogens is 2. The van der Waals surface area contributed by atoms with Gasteiger partial charge in [0.15, 0.2) is 0 Å². The number of hydrogen-bond donors (Lipinski definition) is 1. The minimum atomic E-state index is -1.01. The third-order valence-corrected chi connectivity index (χ3v) is 8.20. The van der Waals surface area contributed by atoms with Gasteiger partial charge in [-0.2, -0.15) is 0 Å². The van der Waals surface area contributed by atoms with E-state index in [9.17, 15) is 19.5 Å². The standard InChI is InChI=1S/C33H31Cl2N3O4/c34-25-17-24(18-26(35)19-25)33(42)37-15-13-27(20-28(37)16-22-6-2-1-3-7-22)38(31(39)10-11-32(40)41)21-23-12-14-36-30-9-5-4-8-29(23)30/h1-9,12,14,17-19,27-28H,10-11,13,15-16,20-21H2,(H,40,41). The molecule has 0 saturated carbocycles. The molecule has 1 aliphatic rings. The van der Waals surface area contributed by atoms with Gasteiger partial charge in [0.2, 0.25) is 5.91 Å². The topological polar surface area (TPSA) is 90.8 Å². The van der Waals surface area contributed by atoms with Crippen LogP contribution in [0.15, 0.2) is 85.1 Å². The number of fused-ring (bicyclic) bond motifs is 1. The zero-order chi connectivity index (χ0) is 29.6. The van der Waals surface area contributed by atoms with Crippen LogP contribution >= 0.6 is 23.2 Å². The Kier molecular flexibility index (Phi) is 9.40. The molecule has 0 spiro atoms. The predicted octanol–water partition coefficient (Wildman–Crippen LogP) is 6.65. The molecular formula is C33H31Cl2N3O4. The van der Waals surface area contributed by atoms with Crippen molar-refractivity contribution in [2.75, 3.05) is 6.54 Å². The van der Waals surface area contributed by atoms with Crippen LogP contribution in [0.3, 0.4) is 0 Å². The van der Waals surface area contributed by atoms with E-state index < -0.39 is 5.97 Å². The Morgan fingerprint density at radius 3 is 2.38 bits per heavy atom. The smallest absolute Gasteiger partial charge is 0.303 e. The number of rotatable bonds is 9. The Hall–Kier alpha value is -3.94. The van der Waals surface area contributed by atoms with Gasteiger partial charge in [0.25, 0.3) is 5.91 Å². The van der Waals surface area contributed by atoms with Crippen LogP contribution in [0, 0.1) is 0 Å². The van der Waals surface area contributed by atoms with Crippen molar-refractivity contribution in [1.29, 1.82) is 0 Å². The van der Waals surface area contributed by atoms with Crippen molar-refractivity contribution in [2.45, 2.75) is 50.7 Å². The fourth-order valence-corrected chi connectivity index (χ4v) is 6.28. The van der Waals surface area contributed by atoms with Crippen LogP contribution in [0.1, 0.15) is 47.2 Å². The third-order valence-electron chi connectivity index (χ3n) is 7.77. The molecule has 1 aromatic heterocycles. The number of hydrogen-bond acceptors (Lipinski definition) is 4. The lowest BCUT2D eigenvalue weighted by molar-refractivity contribution is -0.142. The van der Waals surface area contributed by atoms with Gasteiger partial charge < -0.3 is 14.9 Å². The summed E-state index contributed by atoms with van der Waals surface area (Å²) < 4.78 is 0. The number of carbonyl (C=O) groups excluding carboxylic acids is 2. The largest absolute Gasteiger partial charge is 0.481 e. The molecule has 2 heterocycles. The minimum Gasteiger partial charge on any atom is -0.481 e. The number of piperidine rings is 1. The Morgan fingerprint density at radius 1 is 0.929 bits per heavy atom. The first-order valence-electron chi connectivity index (χ1n) is 13.9. The van der Waals surface area contributed by atoms with Gasteiger partial charge in [-0.3, -0.25) is 19.4 Å². The summed E-state index contributed by atoms with van der Waals surface area (Å²) in [5.41, 5.74) is 3.27. The lowest BCUT2D eigenvalue weighted by atomic mass is 9.90. The fraction of sp³-hybridized carbons (Fsp3) is 0.273. The normalized spacial score (nSPS) is 16.8. The summed E-state index contributed by atoms with van der Waals surface area (Å²) in [5.74, 6) is -1.40. The number of carboxylic acids is 1. The molecule has 2 unspecified atom stereocenters. The predicted molar refractivity (Wildman–Crippen MR) is 164 cm³/mol. The number of aromatic nitrogens is 1. The highest BCUT2D eigenvalue weighted by molar-refractivity contribution is 6.35. The molecule has 0 bridgehead atoms. The summed E-state index contributed by atoms with van der Waals surface area (Å²) >= 11 is 12.4. The van der Waals surface area contributed by atoms with E-state index in [4.69, 9.17) is 23.2 Å². The highest BCUT2D eigenvalue weighted by Crippen LogP contribution is 2.30. The molecule has 0 aliphatic carbocycles. The molecule has 2 atom stereocenters. The average Bonchev–Trinajstić information content (AvgIpc) is 2.98. The van der Waals surface area contributed by atoms with Crippen molar-refractivity contribution in [2.24, 2.45) is 0 Å². The van der Waals surface area contributed by atoms with E-state index in [-0.39, 0.29) is 36.7 Å². The van der Waals surface area contributed by atoms with Gasteiger partial charge in [0.05, 0.1) is 11.9 Å². The fourth-order valence-electron chi connectivity index (χ4n) is 5.76. The summed E-state index contributed by atoms with van der Waals surface area (Å²) in [6, 6.07) is 24.0. The van der Waals surface area contributed by atoms with Crippen LogP contribution < -0.4 is 0 Å². The van der Waals surface area contributed by atoms with E-state index in [1.54, 1.807) is 29.3 Å². The summed E-state index contributed by atoms with van der Waals surface area (Å²) in [5, 5.41) is 11.0. The number of para-hydroxylation sites is 1. The van der Waals surface area contributed by atoms with Crippen LogP contribution in [-0.4, -0.2) is 56.3 Å². The molecule has 1 N–H and O–H groups in total. The van der Waals surface area contributed by atoms with Gasteiger partial charge in [-0.15, -0.1) is 0 Å². The molecule has 3 aromatic carbocycles. The molecule has 1 fully saturated rings. The van der Waals surface area contributed by atoms with Crippen LogP contribution in [0.2, 0.25) is 10.0 Å². The molecule has 9 heteroatoms. The first-order valence-corrected chi connectivity index (χ1v) is 14.7. The van der Waals surface area contributed by atoms with Crippen molar-refractivity contribution < 1.29 is 19.5 Å². The highest BCUT2D eigenvalue weighted by Gasteiger charge is 2.36. The van der Waals surface area contributed by atoms with Crippen molar-refractivity contribution in [1.82, 2.24) is 14.8 Å². The highest BCUT2D eigenvalue weighted by atomic mass is 35.5. The summed E-state index contributed by atoms with van der Waals surface area (Å²) in [7, 11) is 0. The number of nitrogens with zero attached hydrogens (tertiary/aromatic N) is 3. The summed E-state index contributed by atoms with van der Waals surface area (Å²) in [6.07, 6.45) is 3.08. The Bertz CT molecular complexity index is 1570. The summed E-state index contributed by atoms with van der Waals surface area (Å²) in [4.78, 5) is 46.8. The summed E-state index contributed by atoms with van der Waals surface area (Å²) in [6.45, 7) is 0.743. The number of carboxylic acid groups (broad SMARTS) is 1. The van der Waals surface area contributed by atoms with E-state index in [2.05, 4.69) is 4.98 Å².